The fourth-order valence-electron chi connectivity index (χ4n) is 4.08. The van der Waals surface area contributed by atoms with Crippen LogP contribution in [0.3, 0.4) is 0 Å². The molecule has 1 aromatic carbocycles. The Balaban J connectivity index is 1.30. The lowest BCUT2D eigenvalue weighted by Gasteiger charge is -2.36. The number of carbonyl (C=O) groups is 1. The summed E-state index contributed by atoms with van der Waals surface area (Å²) >= 11 is 0. The minimum Gasteiger partial charge on any atom is -0.372 e. The summed E-state index contributed by atoms with van der Waals surface area (Å²) in [6.07, 6.45) is 3.86. The summed E-state index contributed by atoms with van der Waals surface area (Å²) in [5.41, 5.74) is 2.46. The van der Waals surface area contributed by atoms with Crippen LogP contribution in [0.2, 0.25) is 0 Å². The lowest BCUT2D eigenvalue weighted by atomic mass is 10.1. The van der Waals surface area contributed by atoms with E-state index in [1.165, 1.54) is 10.9 Å². The second kappa shape index (κ2) is 9.48. The molecule has 3 heterocycles. The van der Waals surface area contributed by atoms with Gasteiger partial charge in [0, 0.05) is 38.8 Å². The van der Waals surface area contributed by atoms with Gasteiger partial charge in [-0.2, -0.15) is 0 Å². The van der Waals surface area contributed by atoms with Crippen molar-refractivity contribution in [2.24, 2.45) is 0 Å². The molecular weight excluding hydrogens is 406 g/mol. The van der Waals surface area contributed by atoms with E-state index in [0.717, 1.165) is 30.0 Å². The molecule has 0 spiro atoms. The molecular formula is C24H29N5O3. The third-order valence-corrected chi connectivity index (χ3v) is 5.68. The standard InChI is InChI=1S/C24H29N5O3/c1-16-5-4-6-20-23(16)27-15-28(24(20)31)10-9-22(30)26-12-19-7-8-21(25-11-19)29-13-17(2)32-18(3)14-29/h4-8,11,15,17-18H,9-10,12-14H2,1-3H3,(H,26,30). The van der Waals surface area contributed by atoms with Crippen LogP contribution in [0.25, 0.3) is 10.9 Å². The highest BCUT2D eigenvalue weighted by atomic mass is 16.5. The quantitative estimate of drug-likeness (QED) is 0.640. The molecule has 0 radical (unpaired) electrons. The maximum atomic E-state index is 12.6. The van der Waals surface area contributed by atoms with E-state index in [4.69, 9.17) is 4.74 Å². The number of para-hydroxylation sites is 1. The molecule has 1 amide bonds. The van der Waals surface area contributed by atoms with E-state index in [0.29, 0.717) is 17.4 Å². The second-order valence-corrected chi connectivity index (χ2v) is 8.43. The van der Waals surface area contributed by atoms with Gasteiger partial charge in [-0.15, -0.1) is 0 Å². The number of hydrogen-bond donors (Lipinski definition) is 1. The summed E-state index contributed by atoms with van der Waals surface area (Å²) in [7, 11) is 0. The Kier molecular flexibility index (Phi) is 6.50. The van der Waals surface area contributed by atoms with Crippen LogP contribution in [-0.2, 0) is 22.6 Å². The zero-order chi connectivity index (χ0) is 22.7. The van der Waals surface area contributed by atoms with Crippen LogP contribution < -0.4 is 15.8 Å². The summed E-state index contributed by atoms with van der Waals surface area (Å²) in [5, 5.41) is 3.47. The van der Waals surface area contributed by atoms with Crippen LogP contribution in [0.1, 0.15) is 31.4 Å². The number of hydrogen-bond acceptors (Lipinski definition) is 6. The molecule has 8 heteroatoms. The summed E-state index contributed by atoms with van der Waals surface area (Å²) in [5.74, 6) is 0.793. The van der Waals surface area contributed by atoms with E-state index in [-0.39, 0.29) is 36.6 Å². The van der Waals surface area contributed by atoms with E-state index in [2.05, 4.69) is 34.0 Å². The fraction of sp³-hybridized carbons (Fsp3) is 0.417. The number of carbonyl (C=O) groups excluding carboxylic acids is 1. The Morgan fingerprint density at radius 3 is 2.66 bits per heavy atom. The van der Waals surface area contributed by atoms with E-state index >= 15 is 0 Å². The molecule has 2 atom stereocenters. The first kappa shape index (κ1) is 22.0. The van der Waals surface area contributed by atoms with Crippen LogP contribution >= 0.6 is 0 Å². The highest BCUT2D eigenvalue weighted by molar-refractivity contribution is 5.80. The van der Waals surface area contributed by atoms with Crippen LogP contribution in [0.4, 0.5) is 5.82 Å². The molecule has 8 nitrogen and oxygen atoms in total. The molecule has 1 fully saturated rings. The number of fused-ring (bicyclic) bond motifs is 1. The minimum absolute atomic E-state index is 0.124. The number of aromatic nitrogens is 3. The Morgan fingerprint density at radius 1 is 1.16 bits per heavy atom. The molecule has 0 aliphatic carbocycles. The second-order valence-electron chi connectivity index (χ2n) is 8.43. The topological polar surface area (TPSA) is 89.4 Å². The summed E-state index contributed by atoms with van der Waals surface area (Å²) in [4.78, 5) is 36.1. The van der Waals surface area contributed by atoms with Gasteiger partial charge in [0.15, 0.2) is 0 Å². The molecule has 0 saturated carbocycles. The molecule has 0 bridgehead atoms. The van der Waals surface area contributed by atoms with E-state index in [1.54, 1.807) is 12.3 Å². The number of anilines is 1. The van der Waals surface area contributed by atoms with Crippen molar-refractivity contribution in [2.45, 2.75) is 52.5 Å². The molecule has 1 N–H and O–H groups in total. The maximum absolute atomic E-state index is 12.6. The number of morpholine rings is 1. The van der Waals surface area contributed by atoms with Crippen LogP contribution in [0, 0.1) is 6.92 Å². The number of nitrogens with one attached hydrogen (secondary N) is 1. The first-order valence-corrected chi connectivity index (χ1v) is 11.0. The summed E-state index contributed by atoms with van der Waals surface area (Å²) in [6, 6.07) is 9.50. The number of pyridine rings is 1. The van der Waals surface area contributed by atoms with Crippen molar-refractivity contribution in [3.63, 3.8) is 0 Å². The van der Waals surface area contributed by atoms with Crippen LogP contribution in [0.15, 0.2) is 47.7 Å². The van der Waals surface area contributed by atoms with Crippen molar-refractivity contribution < 1.29 is 9.53 Å². The smallest absolute Gasteiger partial charge is 0.261 e. The van der Waals surface area contributed by atoms with Crippen LogP contribution in [0.5, 0.6) is 0 Å². The first-order valence-electron chi connectivity index (χ1n) is 11.0. The maximum Gasteiger partial charge on any atom is 0.261 e. The van der Waals surface area contributed by atoms with Crippen molar-refractivity contribution in [3.8, 4) is 0 Å². The molecule has 3 aromatic rings. The monoisotopic (exact) mass is 435 g/mol. The van der Waals surface area contributed by atoms with Gasteiger partial charge in [0.1, 0.15) is 5.82 Å². The summed E-state index contributed by atoms with van der Waals surface area (Å²) < 4.78 is 7.26. The first-order chi connectivity index (χ1) is 15.4. The lowest BCUT2D eigenvalue weighted by Crippen LogP contribution is -2.45. The van der Waals surface area contributed by atoms with Gasteiger partial charge < -0.3 is 15.0 Å². The fourth-order valence-corrected chi connectivity index (χ4v) is 4.08. The van der Waals surface area contributed by atoms with Crippen molar-refractivity contribution in [3.05, 3.63) is 64.3 Å². The zero-order valence-corrected chi connectivity index (χ0v) is 18.7. The van der Waals surface area contributed by atoms with Crippen molar-refractivity contribution in [1.82, 2.24) is 19.9 Å². The number of rotatable bonds is 6. The predicted molar refractivity (Wildman–Crippen MR) is 124 cm³/mol. The van der Waals surface area contributed by atoms with Gasteiger partial charge in [-0.3, -0.25) is 14.2 Å². The third kappa shape index (κ3) is 4.96. The number of ether oxygens (including phenoxy) is 1. The van der Waals surface area contributed by atoms with E-state index in [9.17, 15) is 9.59 Å². The van der Waals surface area contributed by atoms with Crippen molar-refractivity contribution in [1.29, 1.82) is 0 Å². The van der Waals surface area contributed by atoms with Gasteiger partial charge in [-0.1, -0.05) is 18.2 Å². The molecule has 32 heavy (non-hydrogen) atoms. The zero-order valence-electron chi connectivity index (χ0n) is 18.7. The van der Waals surface area contributed by atoms with Crippen molar-refractivity contribution in [2.75, 3.05) is 18.0 Å². The van der Waals surface area contributed by atoms with Gasteiger partial charge in [0.2, 0.25) is 5.91 Å². The molecule has 1 aliphatic heterocycles. The SMILES string of the molecule is Cc1cccc2c(=O)n(CCC(=O)NCc3ccc(N4CC(C)OC(C)C4)nc3)cnc12. The predicted octanol–water partition coefficient (Wildman–Crippen LogP) is 2.42. The molecule has 2 unspecified atom stereocenters. The van der Waals surface area contributed by atoms with Gasteiger partial charge in [0.25, 0.3) is 5.56 Å². The largest absolute Gasteiger partial charge is 0.372 e. The molecule has 1 aliphatic rings. The minimum atomic E-state index is -0.127. The number of benzene rings is 1. The number of nitrogens with zero attached hydrogens (tertiary/aromatic N) is 4. The molecule has 168 valence electrons. The Morgan fingerprint density at radius 2 is 1.94 bits per heavy atom. The summed E-state index contributed by atoms with van der Waals surface area (Å²) in [6.45, 7) is 8.37. The third-order valence-electron chi connectivity index (χ3n) is 5.68. The number of aryl methyl sites for hydroxylation is 2. The molecule has 1 saturated heterocycles. The van der Waals surface area contributed by atoms with E-state index < -0.39 is 0 Å². The van der Waals surface area contributed by atoms with Gasteiger partial charge in [0.05, 0.1) is 29.4 Å². The Labute approximate surface area is 187 Å². The van der Waals surface area contributed by atoms with Gasteiger partial charge >= 0.3 is 0 Å². The van der Waals surface area contributed by atoms with Gasteiger partial charge in [-0.05, 0) is 44.0 Å². The lowest BCUT2D eigenvalue weighted by molar-refractivity contribution is -0.121. The number of amides is 1. The highest BCUT2D eigenvalue weighted by Crippen LogP contribution is 2.18. The Bertz CT molecular complexity index is 1150. The molecule has 4 rings (SSSR count). The van der Waals surface area contributed by atoms with Crippen LogP contribution in [-0.4, -0.2) is 45.7 Å². The highest BCUT2D eigenvalue weighted by Gasteiger charge is 2.23. The average molecular weight is 436 g/mol. The molecule has 2 aromatic heterocycles. The normalized spacial score (nSPS) is 18.7. The van der Waals surface area contributed by atoms with E-state index in [1.807, 2.05) is 31.2 Å². The average Bonchev–Trinajstić information content (AvgIpc) is 2.77. The van der Waals surface area contributed by atoms with Gasteiger partial charge in [-0.25, -0.2) is 9.97 Å². The Hall–Kier alpha value is -3.26. The van der Waals surface area contributed by atoms with Crippen molar-refractivity contribution >= 4 is 22.6 Å².